The third-order valence-electron chi connectivity index (χ3n) is 4.51. The number of morpholine rings is 1. The first kappa shape index (κ1) is 14.1. The zero-order chi connectivity index (χ0) is 14.1. The summed E-state index contributed by atoms with van der Waals surface area (Å²) in [6.45, 7) is 6.40. The SMILES string of the molecule is NC1=CCC(N)(CC2(CN3CCOCC3)COC2)C=C1. The minimum absolute atomic E-state index is 0.191. The molecule has 0 spiro atoms. The van der Waals surface area contributed by atoms with Crippen LogP contribution in [0.25, 0.3) is 0 Å². The van der Waals surface area contributed by atoms with Crippen LogP contribution in [-0.4, -0.2) is 56.5 Å². The number of allylic oxidation sites excluding steroid dienone is 1. The van der Waals surface area contributed by atoms with Crippen LogP contribution in [0.1, 0.15) is 12.8 Å². The van der Waals surface area contributed by atoms with Gasteiger partial charge in [-0.3, -0.25) is 4.90 Å². The van der Waals surface area contributed by atoms with E-state index in [1.54, 1.807) is 0 Å². The first-order valence-electron chi connectivity index (χ1n) is 7.41. The fourth-order valence-electron chi connectivity index (χ4n) is 3.41. The lowest BCUT2D eigenvalue weighted by Gasteiger charge is -2.49. The van der Waals surface area contributed by atoms with Crippen molar-refractivity contribution in [3.8, 4) is 0 Å². The molecule has 3 aliphatic rings. The second-order valence-electron chi connectivity index (χ2n) is 6.53. The molecule has 2 aliphatic heterocycles. The molecule has 2 fully saturated rings. The summed E-state index contributed by atoms with van der Waals surface area (Å²) in [6, 6.07) is 0. The average molecular weight is 279 g/mol. The zero-order valence-electron chi connectivity index (χ0n) is 12.0. The van der Waals surface area contributed by atoms with E-state index in [9.17, 15) is 0 Å². The van der Waals surface area contributed by atoms with Gasteiger partial charge in [0.1, 0.15) is 0 Å². The summed E-state index contributed by atoms with van der Waals surface area (Å²) >= 11 is 0. The third kappa shape index (κ3) is 3.06. The summed E-state index contributed by atoms with van der Waals surface area (Å²) in [5.41, 5.74) is 13.1. The molecule has 112 valence electrons. The highest BCUT2D eigenvalue weighted by atomic mass is 16.5. The van der Waals surface area contributed by atoms with Crippen LogP contribution >= 0.6 is 0 Å². The van der Waals surface area contributed by atoms with Crippen molar-refractivity contribution in [3.63, 3.8) is 0 Å². The molecule has 2 heterocycles. The predicted octanol–water partition coefficient (Wildman–Crippen LogP) is 0.225. The van der Waals surface area contributed by atoms with Gasteiger partial charge in [-0.25, -0.2) is 0 Å². The molecule has 0 aromatic rings. The molecular weight excluding hydrogens is 254 g/mol. The maximum atomic E-state index is 6.54. The Morgan fingerprint density at radius 2 is 1.95 bits per heavy atom. The normalized spacial score (nSPS) is 33.5. The smallest absolute Gasteiger partial charge is 0.0594 e. The van der Waals surface area contributed by atoms with Gasteiger partial charge in [0, 0.05) is 36.3 Å². The van der Waals surface area contributed by atoms with Crippen LogP contribution in [0.4, 0.5) is 0 Å². The van der Waals surface area contributed by atoms with Crippen molar-refractivity contribution >= 4 is 0 Å². The van der Waals surface area contributed by atoms with Gasteiger partial charge in [0.25, 0.3) is 0 Å². The van der Waals surface area contributed by atoms with Crippen molar-refractivity contribution in [3.05, 3.63) is 23.9 Å². The Hall–Kier alpha value is -0.880. The molecule has 0 bridgehead atoms. The monoisotopic (exact) mass is 279 g/mol. The molecular formula is C15H25N3O2. The fourth-order valence-corrected chi connectivity index (χ4v) is 3.41. The number of nitrogens with two attached hydrogens (primary N) is 2. The van der Waals surface area contributed by atoms with Gasteiger partial charge >= 0.3 is 0 Å². The molecule has 0 amide bonds. The van der Waals surface area contributed by atoms with Gasteiger partial charge in [-0.1, -0.05) is 12.2 Å². The molecule has 0 saturated carbocycles. The Morgan fingerprint density at radius 3 is 2.50 bits per heavy atom. The van der Waals surface area contributed by atoms with Gasteiger partial charge < -0.3 is 20.9 Å². The summed E-state index contributed by atoms with van der Waals surface area (Å²) < 4.78 is 10.9. The summed E-state index contributed by atoms with van der Waals surface area (Å²) in [6.07, 6.45) is 7.81. The Morgan fingerprint density at radius 1 is 1.20 bits per heavy atom. The Labute approximate surface area is 120 Å². The Kier molecular flexibility index (Phi) is 3.86. The molecule has 1 atom stereocenters. The molecule has 2 saturated heterocycles. The van der Waals surface area contributed by atoms with E-state index < -0.39 is 0 Å². The second kappa shape index (κ2) is 5.48. The highest BCUT2D eigenvalue weighted by Gasteiger charge is 2.45. The van der Waals surface area contributed by atoms with E-state index >= 15 is 0 Å². The van der Waals surface area contributed by atoms with E-state index in [2.05, 4.69) is 11.0 Å². The molecule has 0 radical (unpaired) electrons. The number of nitrogens with zero attached hydrogens (tertiary/aromatic N) is 1. The summed E-state index contributed by atoms with van der Waals surface area (Å²) in [7, 11) is 0. The predicted molar refractivity (Wildman–Crippen MR) is 78.1 cm³/mol. The van der Waals surface area contributed by atoms with E-state index in [-0.39, 0.29) is 11.0 Å². The van der Waals surface area contributed by atoms with Crippen molar-refractivity contribution in [2.24, 2.45) is 16.9 Å². The van der Waals surface area contributed by atoms with Crippen LogP contribution in [0.2, 0.25) is 0 Å². The Bertz CT molecular complexity index is 411. The highest BCUT2D eigenvalue weighted by Crippen LogP contribution is 2.39. The zero-order valence-corrected chi connectivity index (χ0v) is 12.0. The van der Waals surface area contributed by atoms with Crippen molar-refractivity contribution in [2.75, 3.05) is 46.1 Å². The molecule has 4 N–H and O–H groups in total. The van der Waals surface area contributed by atoms with Crippen molar-refractivity contribution in [1.29, 1.82) is 0 Å². The lowest BCUT2D eigenvalue weighted by Crippen LogP contribution is -2.58. The van der Waals surface area contributed by atoms with Crippen LogP contribution in [-0.2, 0) is 9.47 Å². The van der Waals surface area contributed by atoms with E-state index in [0.29, 0.717) is 0 Å². The summed E-state index contributed by atoms with van der Waals surface area (Å²) in [5.74, 6) is 0. The molecule has 0 aromatic heterocycles. The van der Waals surface area contributed by atoms with E-state index in [1.165, 1.54) is 0 Å². The first-order chi connectivity index (χ1) is 9.59. The number of ether oxygens (including phenoxy) is 2. The minimum Gasteiger partial charge on any atom is -0.399 e. The molecule has 5 heteroatoms. The van der Waals surface area contributed by atoms with Crippen LogP contribution < -0.4 is 11.5 Å². The molecule has 20 heavy (non-hydrogen) atoms. The maximum Gasteiger partial charge on any atom is 0.0594 e. The van der Waals surface area contributed by atoms with Crippen molar-refractivity contribution in [1.82, 2.24) is 4.90 Å². The van der Waals surface area contributed by atoms with Crippen molar-refractivity contribution in [2.45, 2.75) is 18.4 Å². The lowest BCUT2D eigenvalue weighted by molar-refractivity contribution is -0.142. The average Bonchev–Trinajstić information content (AvgIpc) is 2.41. The largest absolute Gasteiger partial charge is 0.399 e. The minimum atomic E-state index is -0.279. The van der Waals surface area contributed by atoms with Crippen LogP contribution in [0.3, 0.4) is 0 Å². The van der Waals surface area contributed by atoms with Crippen LogP contribution in [0, 0.1) is 5.41 Å². The quantitative estimate of drug-likeness (QED) is 0.770. The van der Waals surface area contributed by atoms with Gasteiger partial charge in [-0.15, -0.1) is 0 Å². The number of hydrogen-bond acceptors (Lipinski definition) is 5. The molecule has 1 aliphatic carbocycles. The van der Waals surface area contributed by atoms with E-state index in [0.717, 1.165) is 64.6 Å². The van der Waals surface area contributed by atoms with E-state index in [1.807, 2.05) is 12.2 Å². The highest BCUT2D eigenvalue weighted by molar-refractivity contribution is 5.27. The molecule has 5 nitrogen and oxygen atoms in total. The van der Waals surface area contributed by atoms with Gasteiger partial charge in [0.2, 0.25) is 0 Å². The van der Waals surface area contributed by atoms with E-state index in [4.69, 9.17) is 20.9 Å². The van der Waals surface area contributed by atoms with Crippen LogP contribution in [0.15, 0.2) is 23.9 Å². The lowest BCUT2D eigenvalue weighted by atomic mass is 9.71. The number of hydrogen-bond donors (Lipinski definition) is 2. The molecule has 0 aromatic carbocycles. The van der Waals surface area contributed by atoms with Gasteiger partial charge in [0.15, 0.2) is 0 Å². The molecule has 3 rings (SSSR count). The number of rotatable bonds is 4. The van der Waals surface area contributed by atoms with Crippen LogP contribution in [0.5, 0.6) is 0 Å². The van der Waals surface area contributed by atoms with Gasteiger partial charge in [0.05, 0.1) is 26.4 Å². The summed E-state index contributed by atoms with van der Waals surface area (Å²) in [4.78, 5) is 2.48. The fraction of sp³-hybridized carbons (Fsp3) is 0.733. The summed E-state index contributed by atoms with van der Waals surface area (Å²) in [5, 5.41) is 0. The second-order valence-corrected chi connectivity index (χ2v) is 6.53. The maximum absolute atomic E-state index is 6.54. The molecule has 1 unspecified atom stereocenters. The first-order valence-corrected chi connectivity index (χ1v) is 7.41. The Balaban J connectivity index is 1.62. The van der Waals surface area contributed by atoms with Crippen molar-refractivity contribution < 1.29 is 9.47 Å². The van der Waals surface area contributed by atoms with Gasteiger partial charge in [-0.05, 0) is 18.9 Å². The van der Waals surface area contributed by atoms with Gasteiger partial charge in [-0.2, -0.15) is 0 Å². The topological polar surface area (TPSA) is 73.7 Å². The third-order valence-corrected chi connectivity index (χ3v) is 4.51. The standard InChI is InChI=1S/C15H25N3O2/c16-13-1-3-15(17,4-2-13)9-14(11-20-12-14)10-18-5-7-19-8-6-18/h1-3H,4-12,16-17H2.